The third kappa shape index (κ3) is 1.48. The van der Waals surface area contributed by atoms with Crippen LogP contribution in [0.2, 0.25) is 5.02 Å². The first kappa shape index (κ1) is 7.55. The molecule has 0 unspecified atom stereocenters. The zero-order chi connectivity index (χ0) is 7.56. The predicted octanol–water partition coefficient (Wildman–Crippen LogP) is 3.21. The molecule has 1 radical (unpaired) electrons. The molecule has 1 aromatic rings. The van der Waals surface area contributed by atoms with Gasteiger partial charge in [-0.25, -0.2) is 4.39 Å². The summed E-state index contributed by atoms with van der Waals surface area (Å²) < 4.78 is 12.5. The fourth-order valence-corrected chi connectivity index (χ4v) is 1.01. The Morgan fingerprint density at radius 3 is 2.40 bits per heavy atom. The van der Waals surface area contributed by atoms with Crippen LogP contribution in [-0.2, 0) is 0 Å². The first-order chi connectivity index (χ1) is 4.72. The average Bonchev–Trinajstić information content (AvgIpc) is 1.88. The monoisotopic (exact) mass is 157 g/mol. The summed E-state index contributed by atoms with van der Waals surface area (Å²) in [5.74, 6) is 0. The van der Waals surface area contributed by atoms with E-state index in [2.05, 4.69) is 0 Å². The summed E-state index contributed by atoms with van der Waals surface area (Å²) in [5, 5.41) is 0.461. The third-order valence-electron chi connectivity index (χ3n) is 1.24. The molecule has 0 bridgehead atoms. The van der Waals surface area contributed by atoms with Gasteiger partial charge in [0.05, 0.1) is 0 Å². The summed E-state index contributed by atoms with van der Waals surface area (Å²) in [6, 6.07) is 6.84. The quantitative estimate of drug-likeness (QED) is 0.587. The molecule has 0 amide bonds. The van der Waals surface area contributed by atoms with E-state index in [4.69, 9.17) is 11.6 Å². The minimum Gasteiger partial charge on any atom is -0.235 e. The van der Waals surface area contributed by atoms with Gasteiger partial charge in [-0.2, -0.15) is 0 Å². The summed E-state index contributed by atoms with van der Waals surface area (Å²) in [6.45, 7) is 1.39. The lowest BCUT2D eigenvalue weighted by Crippen LogP contribution is -1.85. The van der Waals surface area contributed by atoms with Crippen molar-refractivity contribution in [2.45, 2.75) is 6.92 Å². The Morgan fingerprint density at radius 1 is 1.40 bits per heavy atom. The van der Waals surface area contributed by atoms with Crippen LogP contribution in [0.4, 0.5) is 4.39 Å². The summed E-state index contributed by atoms with van der Waals surface area (Å²) in [6.07, 6.45) is -0.245. The van der Waals surface area contributed by atoms with Crippen LogP contribution in [0, 0.1) is 6.17 Å². The fraction of sp³-hybridized carbons (Fsp3) is 0.125. The maximum atomic E-state index is 12.5. The Bertz CT molecular complexity index is 220. The molecule has 0 nitrogen and oxygen atoms in total. The lowest BCUT2D eigenvalue weighted by Gasteiger charge is -2.01. The van der Waals surface area contributed by atoms with Crippen LogP contribution < -0.4 is 0 Å². The molecule has 0 saturated heterocycles. The van der Waals surface area contributed by atoms with E-state index >= 15 is 0 Å². The molecule has 2 heteroatoms. The van der Waals surface area contributed by atoms with E-state index in [1.165, 1.54) is 6.92 Å². The van der Waals surface area contributed by atoms with Gasteiger partial charge in [-0.1, -0.05) is 29.8 Å². The van der Waals surface area contributed by atoms with Gasteiger partial charge < -0.3 is 0 Å². The number of benzene rings is 1. The van der Waals surface area contributed by atoms with E-state index < -0.39 is 0 Å². The summed E-state index contributed by atoms with van der Waals surface area (Å²) in [7, 11) is 0. The zero-order valence-electron chi connectivity index (χ0n) is 5.57. The molecule has 0 saturated carbocycles. The molecule has 0 aliphatic heterocycles. The van der Waals surface area contributed by atoms with Crippen molar-refractivity contribution in [3.63, 3.8) is 0 Å². The topological polar surface area (TPSA) is 0 Å². The SMILES string of the molecule is C[C](F)c1ccccc1Cl. The van der Waals surface area contributed by atoms with Crippen molar-refractivity contribution in [3.05, 3.63) is 41.0 Å². The molecule has 0 aliphatic rings. The molecule has 0 spiro atoms. The highest BCUT2D eigenvalue weighted by atomic mass is 35.5. The lowest BCUT2D eigenvalue weighted by atomic mass is 10.1. The first-order valence-corrected chi connectivity index (χ1v) is 3.33. The van der Waals surface area contributed by atoms with Crippen LogP contribution >= 0.6 is 11.6 Å². The van der Waals surface area contributed by atoms with Gasteiger partial charge in [0, 0.05) is 10.6 Å². The summed E-state index contributed by atoms with van der Waals surface area (Å²) in [5.41, 5.74) is 0.476. The summed E-state index contributed by atoms with van der Waals surface area (Å²) >= 11 is 5.66. The van der Waals surface area contributed by atoms with Crippen molar-refractivity contribution < 1.29 is 4.39 Å². The summed E-state index contributed by atoms with van der Waals surface area (Å²) in [4.78, 5) is 0. The third-order valence-corrected chi connectivity index (χ3v) is 1.57. The van der Waals surface area contributed by atoms with E-state index in [1.54, 1.807) is 24.3 Å². The van der Waals surface area contributed by atoms with E-state index in [0.29, 0.717) is 10.6 Å². The van der Waals surface area contributed by atoms with Crippen LogP contribution in [0.5, 0.6) is 0 Å². The molecule has 0 atom stereocenters. The minimum atomic E-state index is -0.245. The largest absolute Gasteiger partial charge is 0.235 e. The Balaban J connectivity index is 3.03. The van der Waals surface area contributed by atoms with Gasteiger partial charge >= 0.3 is 0 Å². The molecule has 0 aliphatic carbocycles. The van der Waals surface area contributed by atoms with Crippen molar-refractivity contribution in [1.82, 2.24) is 0 Å². The minimum absolute atomic E-state index is 0.245. The molecule has 0 heterocycles. The molecule has 0 N–H and O–H groups in total. The van der Waals surface area contributed by atoms with Crippen molar-refractivity contribution in [3.8, 4) is 0 Å². The van der Waals surface area contributed by atoms with Crippen molar-refractivity contribution >= 4 is 11.6 Å². The van der Waals surface area contributed by atoms with Gasteiger partial charge in [-0.3, -0.25) is 0 Å². The maximum absolute atomic E-state index is 12.5. The van der Waals surface area contributed by atoms with Crippen LogP contribution in [-0.4, -0.2) is 0 Å². The van der Waals surface area contributed by atoms with Crippen LogP contribution in [0.1, 0.15) is 12.5 Å². The fourth-order valence-electron chi connectivity index (χ4n) is 0.741. The second-order valence-electron chi connectivity index (χ2n) is 2.01. The van der Waals surface area contributed by atoms with Crippen molar-refractivity contribution in [2.24, 2.45) is 0 Å². The van der Waals surface area contributed by atoms with Crippen molar-refractivity contribution in [1.29, 1.82) is 0 Å². The standard InChI is InChI=1S/C8H7ClF/c1-6(10)7-4-2-3-5-8(7)9/h2-5H,1H3. The van der Waals surface area contributed by atoms with Crippen molar-refractivity contribution in [2.75, 3.05) is 0 Å². The van der Waals surface area contributed by atoms with Crippen LogP contribution in [0.3, 0.4) is 0 Å². The lowest BCUT2D eigenvalue weighted by molar-refractivity contribution is 0.546. The molecular weight excluding hydrogens is 151 g/mol. The molecule has 1 rings (SSSR count). The molecule has 0 aromatic heterocycles. The van der Waals surface area contributed by atoms with E-state index in [9.17, 15) is 4.39 Å². The van der Waals surface area contributed by atoms with Gasteiger partial charge in [0.2, 0.25) is 0 Å². The Morgan fingerprint density at radius 2 is 2.00 bits per heavy atom. The van der Waals surface area contributed by atoms with Crippen LogP contribution in [0.25, 0.3) is 0 Å². The van der Waals surface area contributed by atoms with Crippen LogP contribution in [0.15, 0.2) is 24.3 Å². The van der Waals surface area contributed by atoms with Gasteiger partial charge in [-0.05, 0) is 13.0 Å². The number of halogens is 2. The normalized spacial score (nSPS) is 10.4. The number of rotatable bonds is 1. The van der Waals surface area contributed by atoms with Gasteiger partial charge in [0.1, 0.15) is 0 Å². The second-order valence-corrected chi connectivity index (χ2v) is 2.42. The number of hydrogen-bond acceptors (Lipinski definition) is 0. The highest BCUT2D eigenvalue weighted by molar-refractivity contribution is 6.31. The molecule has 10 heavy (non-hydrogen) atoms. The zero-order valence-corrected chi connectivity index (χ0v) is 6.32. The maximum Gasteiger partial charge on any atom is 0.172 e. The average molecular weight is 158 g/mol. The molecule has 1 aromatic carbocycles. The van der Waals surface area contributed by atoms with E-state index in [-0.39, 0.29) is 6.17 Å². The van der Waals surface area contributed by atoms with Gasteiger partial charge in [0.25, 0.3) is 0 Å². The second kappa shape index (κ2) is 3.02. The Kier molecular flexibility index (Phi) is 2.28. The Labute approximate surface area is 64.6 Å². The molecule has 0 fully saturated rings. The van der Waals surface area contributed by atoms with E-state index in [1.807, 2.05) is 0 Å². The van der Waals surface area contributed by atoms with Gasteiger partial charge in [-0.15, -0.1) is 0 Å². The van der Waals surface area contributed by atoms with E-state index in [0.717, 1.165) is 0 Å². The molecular formula is C8H7ClF. The number of hydrogen-bond donors (Lipinski definition) is 0. The van der Waals surface area contributed by atoms with Gasteiger partial charge in [0.15, 0.2) is 6.17 Å². The smallest absolute Gasteiger partial charge is 0.172 e. The Hall–Kier alpha value is -0.560. The first-order valence-electron chi connectivity index (χ1n) is 2.96. The molecule has 53 valence electrons. The predicted molar refractivity (Wildman–Crippen MR) is 40.6 cm³/mol. The highest BCUT2D eigenvalue weighted by Gasteiger charge is 2.06. The highest BCUT2D eigenvalue weighted by Crippen LogP contribution is 2.23.